The molecule has 1 rings (SSSR count). The van der Waals surface area contributed by atoms with Gasteiger partial charge in [0.15, 0.2) is 0 Å². The van der Waals surface area contributed by atoms with E-state index in [9.17, 15) is 0 Å². The lowest BCUT2D eigenvalue weighted by Gasteiger charge is -2.16. The van der Waals surface area contributed by atoms with Gasteiger partial charge in [0.1, 0.15) is 0 Å². The van der Waals surface area contributed by atoms with E-state index in [1.165, 1.54) is 6.21 Å². The van der Waals surface area contributed by atoms with Crippen molar-refractivity contribution >= 4 is 6.21 Å². The van der Waals surface area contributed by atoms with Gasteiger partial charge in [0, 0.05) is 18.3 Å². The van der Waals surface area contributed by atoms with Crippen LogP contribution in [0, 0.1) is 0 Å². The molecule has 4 N–H and O–H groups in total. The molecule has 1 heterocycles. The highest BCUT2D eigenvalue weighted by Gasteiger charge is 2.02. The van der Waals surface area contributed by atoms with Crippen LogP contribution in [0.25, 0.3) is 0 Å². The maximum Gasteiger partial charge on any atom is 0.0936 e. The zero-order valence-corrected chi connectivity index (χ0v) is 6.07. The van der Waals surface area contributed by atoms with E-state index in [0.29, 0.717) is 6.42 Å². The van der Waals surface area contributed by atoms with Gasteiger partial charge in [-0.2, -0.15) is 0 Å². The lowest BCUT2D eigenvalue weighted by Crippen LogP contribution is -2.36. The Morgan fingerprint density at radius 2 is 2.64 bits per heavy atom. The van der Waals surface area contributed by atoms with Crippen LogP contribution in [0.5, 0.6) is 0 Å². The van der Waals surface area contributed by atoms with Gasteiger partial charge >= 0.3 is 0 Å². The molecule has 0 spiro atoms. The number of rotatable bonds is 2. The molecule has 1 aliphatic rings. The van der Waals surface area contributed by atoms with Crippen molar-refractivity contribution in [1.29, 1.82) is 0 Å². The predicted octanol–water partition coefficient (Wildman–Crippen LogP) is 0.165. The van der Waals surface area contributed by atoms with Gasteiger partial charge in [-0.05, 0) is 12.2 Å². The molecule has 0 saturated heterocycles. The van der Waals surface area contributed by atoms with Gasteiger partial charge in [-0.1, -0.05) is 6.08 Å². The van der Waals surface area contributed by atoms with Gasteiger partial charge in [-0.25, -0.2) is 0 Å². The highest BCUT2D eigenvalue weighted by molar-refractivity contribution is 5.60. The molecule has 60 valence electrons. The molecule has 0 bridgehead atoms. The number of nitrogens with zero attached hydrogens (tertiary/aromatic N) is 1. The maximum absolute atomic E-state index is 8.13. The summed E-state index contributed by atoms with van der Waals surface area (Å²) in [5.41, 5.74) is 6.51. The third-order valence-electron chi connectivity index (χ3n) is 1.36. The predicted molar refractivity (Wildman–Crippen MR) is 43.2 cm³/mol. The lowest BCUT2D eigenvalue weighted by molar-refractivity contribution is 0.320. The summed E-state index contributed by atoms with van der Waals surface area (Å²) in [5, 5.41) is 14.0. The molecule has 0 amide bonds. The summed E-state index contributed by atoms with van der Waals surface area (Å²) in [6.45, 7) is 0. The lowest BCUT2D eigenvalue weighted by atomic mass is 10.2. The monoisotopic (exact) mass is 153 g/mol. The topological polar surface area (TPSA) is 70.6 Å². The largest absolute Gasteiger partial charge is 0.411 e. The molecular weight excluding hydrogens is 142 g/mol. The van der Waals surface area contributed by atoms with Crippen molar-refractivity contribution < 1.29 is 5.21 Å². The fourth-order valence-corrected chi connectivity index (χ4v) is 0.868. The SMILES string of the molecule is NC1C=CC=C(C/C=N/O)N1. The minimum absolute atomic E-state index is 0.123. The smallest absolute Gasteiger partial charge is 0.0936 e. The van der Waals surface area contributed by atoms with Crippen LogP contribution in [0.15, 0.2) is 29.1 Å². The van der Waals surface area contributed by atoms with Crippen molar-refractivity contribution in [3.63, 3.8) is 0 Å². The molecule has 1 unspecified atom stereocenters. The number of oxime groups is 1. The Labute approximate surface area is 65.1 Å². The van der Waals surface area contributed by atoms with Crippen molar-refractivity contribution in [2.45, 2.75) is 12.6 Å². The minimum Gasteiger partial charge on any atom is -0.411 e. The van der Waals surface area contributed by atoms with Crippen molar-refractivity contribution in [3.8, 4) is 0 Å². The molecule has 0 fully saturated rings. The third kappa shape index (κ3) is 2.43. The summed E-state index contributed by atoms with van der Waals surface area (Å²) in [5.74, 6) is 0. The van der Waals surface area contributed by atoms with Crippen molar-refractivity contribution in [3.05, 3.63) is 23.9 Å². The van der Waals surface area contributed by atoms with Crippen LogP contribution in [0.3, 0.4) is 0 Å². The Bertz CT molecular complexity index is 208. The molecule has 0 radical (unpaired) electrons. The first-order valence-electron chi connectivity index (χ1n) is 3.38. The summed E-state index contributed by atoms with van der Waals surface area (Å²) >= 11 is 0. The van der Waals surface area contributed by atoms with Crippen LogP contribution in [-0.4, -0.2) is 17.6 Å². The molecule has 0 saturated carbocycles. The molecular formula is C7H11N3O. The second kappa shape index (κ2) is 3.78. The van der Waals surface area contributed by atoms with E-state index in [-0.39, 0.29) is 6.17 Å². The number of nitrogens with two attached hydrogens (primary N) is 1. The molecule has 4 heteroatoms. The molecule has 0 aliphatic carbocycles. The Balaban J connectivity index is 2.46. The second-order valence-electron chi connectivity index (χ2n) is 2.25. The van der Waals surface area contributed by atoms with E-state index in [1.807, 2.05) is 18.2 Å². The molecule has 4 nitrogen and oxygen atoms in total. The van der Waals surface area contributed by atoms with E-state index >= 15 is 0 Å². The first kappa shape index (κ1) is 7.81. The van der Waals surface area contributed by atoms with Gasteiger partial charge in [-0.15, -0.1) is 5.16 Å². The quantitative estimate of drug-likeness (QED) is 0.301. The molecule has 1 atom stereocenters. The maximum atomic E-state index is 8.13. The van der Waals surface area contributed by atoms with E-state index in [1.54, 1.807) is 0 Å². The summed E-state index contributed by atoms with van der Waals surface area (Å²) in [4.78, 5) is 0. The van der Waals surface area contributed by atoms with E-state index in [0.717, 1.165) is 5.70 Å². The first-order valence-corrected chi connectivity index (χ1v) is 3.38. The fourth-order valence-electron chi connectivity index (χ4n) is 0.868. The van der Waals surface area contributed by atoms with Gasteiger partial charge < -0.3 is 16.3 Å². The molecule has 0 aromatic rings. The standard InChI is InChI=1S/C7H11N3O/c8-7-3-1-2-6(10-7)4-5-9-11/h1-3,5,7,10-11H,4,8H2/b9-5+. The average Bonchev–Trinajstić information content (AvgIpc) is 2.01. The highest BCUT2D eigenvalue weighted by Crippen LogP contribution is 2.01. The van der Waals surface area contributed by atoms with Crippen molar-refractivity contribution in [2.75, 3.05) is 0 Å². The van der Waals surface area contributed by atoms with E-state index in [2.05, 4.69) is 10.5 Å². The summed E-state index contributed by atoms with van der Waals surface area (Å²) in [6.07, 6.45) is 7.48. The number of nitrogens with one attached hydrogen (secondary N) is 1. The van der Waals surface area contributed by atoms with Crippen molar-refractivity contribution in [1.82, 2.24) is 5.32 Å². The van der Waals surface area contributed by atoms with Gasteiger partial charge in [-0.3, -0.25) is 0 Å². The van der Waals surface area contributed by atoms with E-state index in [4.69, 9.17) is 10.9 Å². The summed E-state index contributed by atoms with van der Waals surface area (Å²) in [6, 6.07) is 0. The van der Waals surface area contributed by atoms with Gasteiger partial charge in [0.2, 0.25) is 0 Å². The van der Waals surface area contributed by atoms with Crippen LogP contribution in [0.1, 0.15) is 6.42 Å². The second-order valence-corrected chi connectivity index (χ2v) is 2.25. The Morgan fingerprint density at radius 1 is 1.82 bits per heavy atom. The zero-order chi connectivity index (χ0) is 8.10. The fraction of sp³-hybridized carbons (Fsp3) is 0.286. The minimum atomic E-state index is -0.123. The third-order valence-corrected chi connectivity index (χ3v) is 1.36. The summed E-state index contributed by atoms with van der Waals surface area (Å²) < 4.78 is 0. The number of allylic oxidation sites excluding steroid dienone is 3. The molecule has 0 aromatic carbocycles. The van der Waals surface area contributed by atoms with Gasteiger partial charge in [0.05, 0.1) is 6.17 Å². The normalized spacial score (nSPS) is 23.4. The zero-order valence-electron chi connectivity index (χ0n) is 6.07. The van der Waals surface area contributed by atoms with Crippen LogP contribution < -0.4 is 11.1 Å². The summed E-state index contributed by atoms with van der Waals surface area (Å²) in [7, 11) is 0. The molecule has 1 aliphatic heterocycles. The van der Waals surface area contributed by atoms with Crippen LogP contribution >= 0.6 is 0 Å². The average molecular weight is 153 g/mol. The highest BCUT2D eigenvalue weighted by atomic mass is 16.4. The number of hydrogen-bond acceptors (Lipinski definition) is 4. The van der Waals surface area contributed by atoms with Crippen LogP contribution in [-0.2, 0) is 0 Å². The first-order chi connectivity index (χ1) is 5.33. The van der Waals surface area contributed by atoms with E-state index < -0.39 is 0 Å². The van der Waals surface area contributed by atoms with Crippen molar-refractivity contribution in [2.24, 2.45) is 10.9 Å². The number of hydrogen-bond donors (Lipinski definition) is 3. The van der Waals surface area contributed by atoms with Crippen LogP contribution in [0.4, 0.5) is 0 Å². The Hall–Kier alpha value is -1.29. The Morgan fingerprint density at radius 3 is 3.27 bits per heavy atom. The Kier molecular flexibility index (Phi) is 2.68. The molecule has 0 aromatic heterocycles. The number of dihydropyridines is 1. The molecule has 11 heavy (non-hydrogen) atoms. The van der Waals surface area contributed by atoms with Crippen LogP contribution in [0.2, 0.25) is 0 Å². The van der Waals surface area contributed by atoms with Gasteiger partial charge in [0.25, 0.3) is 0 Å².